The topological polar surface area (TPSA) is 63.1 Å². The zero-order valence-corrected chi connectivity index (χ0v) is 16.7. The quantitative estimate of drug-likeness (QED) is 0.785. The van der Waals surface area contributed by atoms with Gasteiger partial charge in [-0.15, -0.1) is 0 Å². The monoisotopic (exact) mass is 382 g/mol. The van der Waals surface area contributed by atoms with E-state index in [1.165, 1.54) is 13.5 Å². The van der Waals surface area contributed by atoms with E-state index in [9.17, 15) is 9.59 Å². The number of carbonyl (C=O) groups is 2. The lowest BCUT2D eigenvalue weighted by molar-refractivity contribution is -0.862. The molecule has 1 unspecified atom stereocenters. The van der Waals surface area contributed by atoms with Gasteiger partial charge < -0.3 is 19.9 Å². The molecule has 7 heteroatoms. The Morgan fingerprint density at radius 2 is 1.92 bits per heavy atom. The minimum atomic E-state index is -0.185. The second kappa shape index (κ2) is 9.24. The number of ether oxygens (including phenoxy) is 1. The van der Waals surface area contributed by atoms with Crippen LogP contribution in [0.2, 0.25) is 5.02 Å². The maximum atomic E-state index is 12.7. The Hall–Kier alpha value is -1.79. The Morgan fingerprint density at radius 1 is 1.27 bits per heavy atom. The second-order valence-electron chi connectivity index (χ2n) is 7.13. The highest BCUT2D eigenvalue weighted by Gasteiger charge is 2.30. The van der Waals surface area contributed by atoms with Crippen molar-refractivity contribution in [3.63, 3.8) is 0 Å². The predicted molar refractivity (Wildman–Crippen MR) is 103 cm³/mol. The van der Waals surface area contributed by atoms with Gasteiger partial charge in [0.25, 0.3) is 11.8 Å². The van der Waals surface area contributed by atoms with E-state index in [0.29, 0.717) is 23.0 Å². The molecule has 1 aliphatic heterocycles. The summed E-state index contributed by atoms with van der Waals surface area (Å²) in [4.78, 5) is 27.8. The molecule has 0 saturated carbocycles. The number of carbonyl (C=O) groups excluding carboxylic acids is 2. The lowest BCUT2D eigenvalue weighted by atomic mass is 9.97. The van der Waals surface area contributed by atoms with Gasteiger partial charge in [0.1, 0.15) is 5.75 Å². The molecule has 1 fully saturated rings. The molecule has 1 heterocycles. The highest BCUT2D eigenvalue weighted by atomic mass is 35.5. The molecule has 2 N–H and O–H groups in total. The fourth-order valence-corrected chi connectivity index (χ4v) is 3.74. The maximum absolute atomic E-state index is 12.7. The summed E-state index contributed by atoms with van der Waals surface area (Å²) < 4.78 is 5.23. The van der Waals surface area contributed by atoms with Gasteiger partial charge in [-0.2, -0.15) is 0 Å². The van der Waals surface area contributed by atoms with E-state index < -0.39 is 0 Å². The molecule has 144 valence electrons. The fraction of sp³-hybridized carbons (Fsp3) is 0.579. The van der Waals surface area contributed by atoms with Crippen LogP contribution in [0.1, 0.15) is 33.1 Å². The first-order chi connectivity index (χ1) is 12.3. The van der Waals surface area contributed by atoms with Crippen LogP contribution in [-0.4, -0.2) is 56.0 Å². The molecular weight excluding hydrogens is 354 g/mol. The summed E-state index contributed by atoms with van der Waals surface area (Å²) >= 11 is 5.98. The van der Waals surface area contributed by atoms with Crippen molar-refractivity contribution in [2.45, 2.75) is 45.2 Å². The Labute approximate surface area is 160 Å². The third kappa shape index (κ3) is 5.35. The van der Waals surface area contributed by atoms with Gasteiger partial charge in [-0.1, -0.05) is 11.6 Å². The molecule has 6 nitrogen and oxygen atoms in total. The molecule has 1 saturated heterocycles. The summed E-state index contributed by atoms with van der Waals surface area (Å²) in [7, 11) is 3.39. The Balaban J connectivity index is 1.91. The van der Waals surface area contributed by atoms with Gasteiger partial charge in [-0.25, -0.2) is 0 Å². The van der Waals surface area contributed by atoms with Gasteiger partial charge in [-0.05, 0) is 51.3 Å². The highest BCUT2D eigenvalue weighted by Crippen LogP contribution is 2.27. The van der Waals surface area contributed by atoms with Gasteiger partial charge in [0, 0.05) is 17.1 Å². The van der Waals surface area contributed by atoms with Crippen LogP contribution in [0.5, 0.6) is 5.75 Å². The number of nitrogens with zero attached hydrogens (tertiary/aromatic N) is 1. The Kier molecular flexibility index (Phi) is 7.29. The van der Waals surface area contributed by atoms with Crippen LogP contribution in [0.4, 0.5) is 5.69 Å². The van der Waals surface area contributed by atoms with E-state index in [1.807, 2.05) is 11.9 Å². The summed E-state index contributed by atoms with van der Waals surface area (Å²) in [6, 6.07) is 5.59. The molecule has 0 aromatic heterocycles. The van der Waals surface area contributed by atoms with Crippen LogP contribution in [0.15, 0.2) is 18.2 Å². The minimum Gasteiger partial charge on any atom is -0.495 e. The highest BCUT2D eigenvalue weighted by molar-refractivity contribution is 6.31. The van der Waals surface area contributed by atoms with E-state index in [0.717, 1.165) is 17.7 Å². The first-order valence-electron chi connectivity index (χ1n) is 9.07. The average molecular weight is 383 g/mol. The normalized spacial score (nSPS) is 21.2. The van der Waals surface area contributed by atoms with E-state index in [2.05, 4.69) is 19.2 Å². The standard InChI is InChI=1S/C19H28ClN3O3/c1-13-6-5-7-14(2)23(13)19(25)12-22(3)11-18(24)21-16-10-15(20)8-9-17(16)26-4/h8-10,13-14H,5-7,11-12H2,1-4H3,(H,21,24)/p+1/t13-,14-/m0/s1. The summed E-state index contributed by atoms with van der Waals surface area (Å²) in [5, 5.41) is 3.33. The summed E-state index contributed by atoms with van der Waals surface area (Å²) in [5.41, 5.74) is 0.530. The van der Waals surface area contributed by atoms with Crippen LogP contribution in [0.25, 0.3) is 0 Å². The first kappa shape index (κ1) is 20.5. The lowest BCUT2D eigenvalue weighted by Crippen LogP contribution is -3.11. The van der Waals surface area contributed by atoms with Crippen LogP contribution >= 0.6 is 11.6 Å². The zero-order chi connectivity index (χ0) is 19.3. The molecule has 0 radical (unpaired) electrons. The molecular formula is C19H29ClN3O3+. The van der Waals surface area contributed by atoms with Crippen molar-refractivity contribution >= 4 is 29.1 Å². The molecule has 2 rings (SSSR count). The SMILES string of the molecule is COc1ccc(Cl)cc1NC(=O)C[NH+](C)CC(=O)N1[C@@H](C)CCC[C@@H]1C. The number of benzene rings is 1. The van der Waals surface area contributed by atoms with Crippen molar-refractivity contribution in [2.24, 2.45) is 0 Å². The maximum Gasteiger partial charge on any atom is 0.279 e. The minimum absolute atomic E-state index is 0.107. The van der Waals surface area contributed by atoms with Crippen molar-refractivity contribution < 1.29 is 19.2 Å². The predicted octanol–water partition coefficient (Wildman–Crippen LogP) is 1.59. The van der Waals surface area contributed by atoms with E-state index in [1.54, 1.807) is 18.2 Å². The Bertz CT molecular complexity index is 643. The molecule has 0 spiro atoms. The van der Waals surface area contributed by atoms with Crippen molar-refractivity contribution in [3.8, 4) is 5.75 Å². The number of rotatable bonds is 6. The summed E-state index contributed by atoms with van der Waals surface area (Å²) in [6.45, 7) is 4.69. The van der Waals surface area contributed by atoms with Crippen molar-refractivity contribution in [1.82, 2.24) is 4.90 Å². The molecule has 1 aliphatic rings. The summed E-state index contributed by atoms with van der Waals surface area (Å²) in [5.74, 6) is 0.471. The number of anilines is 1. The van der Waals surface area contributed by atoms with Crippen molar-refractivity contribution in [2.75, 3.05) is 32.6 Å². The number of hydrogen-bond acceptors (Lipinski definition) is 3. The number of nitrogens with one attached hydrogen (secondary N) is 2. The zero-order valence-electron chi connectivity index (χ0n) is 16.0. The number of quaternary nitrogens is 1. The second-order valence-corrected chi connectivity index (χ2v) is 7.57. The molecule has 1 aromatic rings. The average Bonchev–Trinajstić information content (AvgIpc) is 2.54. The van der Waals surface area contributed by atoms with Gasteiger partial charge in [-0.3, -0.25) is 9.59 Å². The number of hydrogen-bond donors (Lipinski definition) is 2. The smallest absolute Gasteiger partial charge is 0.279 e. The third-order valence-electron chi connectivity index (χ3n) is 4.83. The van der Waals surface area contributed by atoms with E-state index in [4.69, 9.17) is 16.3 Å². The van der Waals surface area contributed by atoms with Crippen LogP contribution < -0.4 is 15.0 Å². The molecule has 1 aromatic carbocycles. The van der Waals surface area contributed by atoms with Crippen molar-refractivity contribution in [3.05, 3.63) is 23.2 Å². The summed E-state index contributed by atoms with van der Waals surface area (Å²) in [6.07, 6.45) is 3.26. The van der Waals surface area contributed by atoms with Gasteiger partial charge in [0.05, 0.1) is 19.8 Å². The number of likely N-dealkylation sites (tertiary alicyclic amines) is 1. The largest absolute Gasteiger partial charge is 0.495 e. The molecule has 26 heavy (non-hydrogen) atoms. The van der Waals surface area contributed by atoms with Gasteiger partial charge in [0.2, 0.25) is 0 Å². The van der Waals surface area contributed by atoms with Crippen molar-refractivity contribution in [1.29, 1.82) is 0 Å². The molecule has 0 bridgehead atoms. The number of amides is 2. The lowest BCUT2D eigenvalue weighted by Gasteiger charge is -2.39. The number of methoxy groups -OCH3 is 1. The third-order valence-corrected chi connectivity index (χ3v) is 5.07. The first-order valence-corrected chi connectivity index (χ1v) is 9.45. The van der Waals surface area contributed by atoms with Crippen LogP contribution in [0, 0.1) is 0 Å². The van der Waals surface area contributed by atoms with Gasteiger partial charge in [0.15, 0.2) is 13.1 Å². The number of likely N-dealkylation sites (N-methyl/N-ethyl adjacent to an activating group) is 1. The van der Waals surface area contributed by atoms with E-state index >= 15 is 0 Å². The van der Waals surface area contributed by atoms with Crippen LogP contribution in [0.3, 0.4) is 0 Å². The Morgan fingerprint density at radius 3 is 2.54 bits per heavy atom. The van der Waals surface area contributed by atoms with Crippen LogP contribution in [-0.2, 0) is 9.59 Å². The number of piperidine rings is 1. The molecule has 3 atom stereocenters. The van der Waals surface area contributed by atoms with Gasteiger partial charge >= 0.3 is 0 Å². The number of halogens is 1. The fourth-order valence-electron chi connectivity index (χ4n) is 3.57. The molecule has 0 aliphatic carbocycles. The van der Waals surface area contributed by atoms with E-state index in [-0.39, 0.29) is 30.4 Å². The molecule has 2 amide bonds.